The van der Waals surface area contributed by atoms with Gasteiger partial charge in [-0.3, -0.25) is 9.69 Å². The lowest BCUT2D eigenvalue weighted by Crippen LogP contribution is -2.38. The summed E-state index contributed by atoms with van der Waals surface area (Å²) in [6, 6.07) is 19.6. The predicted molar refractivity (Wildman–Crippen MR) is 104 cm³/mol. The number of nitrogens with one attached hydrogen (secondary N) is 1. The molecule has 6 heteroatoms. The first-order valence-electron chi connectivity index (χ1n) is 9.13. The summed E-state index contributed by atoms with van der Waals surface area (Å²) in [4.78, 5) is 14.3. The third kappa shape index (κ3) is 6.55. The average molecular weight is 382 g/mol. The van der Waals surface area contributed by atoms with Gasteiger partial charge in [-0.25, -0.2) is 4.39 Å². The average Bonchev–Trinajstić information content (AvgIpc) is 3.19. The molecule has 3 rings (SSSR count). The van der Waals surface area contributed by atoms with Gasteiger partial charge in [-0.1, -0.05) is 36.4 Å². The number of rotatable bonds is 10. The Morgan fingerprint density at radius 3 is 2.64 bits per heavy atom. The van der Waals surface area contributed by atoms with Crippen LogP contribution in [0.2, 0.25) is 0 Å². The normalized spacial score (nSPS) is 10.8. The zero-order valence-electron chi connectivity index (χ0n) is 15.5. The van der Waals surface area contributed by atoms with Gasteiger partial charge in [-0.2, -0.15) is 0 Å². The molecule has 28 heavy (non-hydrogen) atoms. The molecule has 3 aromatic rings. The molecule has 0 saturated heterocycles. The van der Waals surface area contributed by atoms with Crippen LogP contribution in [0.25, 0.3) is 0 Å². The first-order chi connectivity index (χ1) is 13.7. The van der Waals surface area contributed by atoms with E-state index in [1.54, 1.807) is 18.4 Å². The zero-order chi connectivity index (χ0) is 19.6. The molecule has 0 radical (unpaired) electrons. The van der Waals surface area contributed by atoms with Crippen LogP contribution in [0.3, 0.4) is 0 Å². The maximum atomic E-state index is 13.1. The number of nitrogens with zero attached hydrogens (tertiary/aromatic N) is 1. The molecule has 0 unspecified atom stereocenters. The van der Waals surface area contributed by atoms with Gasteiger partial charge in [0.1, 0.15) is 23.9 Å². The second kappa shape index (κ2) is 10.3. The van der Waals surface area contributed by atoms with E-state index in [0.717, 1.165) is 11.3 Å². The van der Waals surface area contributed by atoms with Gasteiger partial charge >= 0.3 is 0 Å². The Hall–Kier alpha value is -3.12. The first kappa shape index (κ1) is 19.6. The summed E-state index contributed by atoms with van der Waals surface area (Å²) in [5.74, 6) is 0.789. The van der Waals surface area contributed by atoms with Crippen LogP contribution in [0.15, 0.2) is 77.4 Å². The standard InChI is InChI=1S/C22H23FN2O3/c23-19-8-4-9-20(14-19)28-13-11-24-22(26)17-25(16-21-10-5-12-27-21)15-18-6-2-1-3-7-18/h1-10,12,14H,11,13,15-17H2,(H,24,26). The van der Waals surface area contributed by atoms with E-state index in [1.807, 2.05) is 47.4 Å². The number of amides is 1. The van der Waals surface area contributed by atoms with Crippen molar-refractivity contribution in [3.05, 3.63) is 90.1 Å². The van der Waals surface area contributed by atoms with Gasteiger partial charge in [0.15, 0.2) is 0 Å². The fourth-order valence-electron chi connectivity index (χ4n) is 2.81. The second-order valence-corrected chi connectivity index (χ2v) is 6.37. The molecule has 0 aliphatic rings. The molecular weight excluding hydrogens is 359 g/mol. The molecule has 0 aliphatic heterocycles. The number of carbonyl (C=O) groups excluding carboxylic acids is 1. The van der Waals surface area contributed by atoms with Crippen LogP contribution in [0.5, 0.6) is 5.75 Å². The quantitative estimate of drug-likeness (QED) is 0.544. The van der Waals surface area contributed by atoms with Crippen LogP contribution >= 0.6 is 0 Å². The van der Waals surface area contributed by atoms with Crippen LogP contribution < -0.4 is 10.1 Å². The lowest BCUT2D eigenvalue weighted by Gasteiger charge is -2.21. The van der Waals surface area contributed by atoms with Crippen molar-refractivity contribution < 1.29 is 18.3 Å². The lowest BCUT2D eigenvalue weighted by atomic mass is 10.2. The van der Waals surface area contributed by atoms with E-state index in [2.05, 4.69) is 5.32 Å². The Bertz CT molecular complexity index is 853. The van der Waals surface area contributed by atoms with E-state index < -0.39 is 0 Å². The SMILES string of the molecule is O=C(CN(Cc1ccccc1)Cc1ccco1)NCCOc1cccc(F)c1. The Labute approximate surface area is 163 Å². The van der Waals surface area contributed by atoms with E-state index >= 15 is 0 Å². The predicted octanol–water partition coefficient (Wildman–Crippen LogP) is 3.62. The maximum Gasteiger partial charge on any atom is 0.234 e. The summed E-state index contributed by atoms with van der Waals surface area (Å²) < 4.78 is 24.0. The highest BCUT2D eigenvalue weighted by atomic mass is 19.1. The minimum absolute atomic E-state index is 0.106. The van der Waals surface area contributed by atoms with Crippen molar-refractivity contribution in [3.63, 3.8) is 0 Å². The van der Waals surface area contributed by atoms with Crippen molar-refractivity contribution >= 4 is 5.91 Å². The molecule has 1 heterocycles. The summed E-state index contributed by atoms with van der Waals surface area (Å²) in [7, 11) is 0. The fraction of sp³-hybridized carbons (Fsp3) is 0.227. The van der Waals surface area contributed by atoms with Gasteiger partial charge in [0.2, 0.25) is 5.91 Å². The smallest absolute Gasteiger partial charge is 0.234 e. The van der Waals surface area contributed by atoms with Crippen molar-refractivity contribution in [1.82, 2.24) is 10.2 Å². The molecule has 0 atom stereocenters. The number of carbonyl (C=O) groups is 1. The number of halogens is 1. The van der Waals surface area contributed by atoms with Crippen molar-refractivity contribution in [1.29, 1.82) is 0 Å². The van der Waals surface area contributed by atoms with Crippen molar-refractivity contribution in [2.75, 3.05) is 19.7 Å². The van der Waals surface area contributed by atoms with Crippen LogP contribution in [-0.2, 0) is 17.9 Å². The molecule has 1 N–H and O–H groups in total. The highest BCUT2D eigenvalue weighted by Gasteiger charge is 2.13. The monoisotopic (exact) mass is 382 g/mol. The number of ether oxygens (including phenoxy) is 1. The third-order valence-electron chi connectivity index (χ3n) is 4.06. The van der Waals surface area contributed by atoms with Gasteiger partial charge in [0, 0.05) is 12.6 Å². The van der Waals surface area contributed by atoms with Crippen LogP contribution in [-0.4, -0.2) is 30.5 Å². The van der Waals surface area contributed by atoms with E-state index in [4.69, 9.17) is 9.15 Å². The van der Waals surface area contributed by atoms with Crippen molar-refractivity contribution in [2.24, 2.45) is 0 Å². The van der Waals surface area contributed by atoms with Crippen LogP contribution in [0, 0.1) is 5.82 Å². The highest BCUT2D eigenvalue weighted by molar-refractivity contribution is 5.78. The molecule has 0 fully saturated rings. The first-order valence-corrected chi connectivity index (χ1v) is 9.13. The Morgan fingerprint density at radius 1 is 1.04 bits per heavy atom. The molecule has 0 saturated carbocycles. The van der Waals surface area contributed by atoms with Gasteiger partial charge in [-0.05, 0) is 29.8 Å². The minimum Gasteiger partial charge on any atom is -0.492 e. The van der Waals surface area contributed by atoms with E-state index in [0.29, 0.717) is 25.4 Å². The van der Waals surface area contributed by atoms with Crippen molar-refractivity contribution in [3.8, 4) is 5.75 Å². The van der Waals surface area contributed by atoms with Crippen LogP contribution in [0.1, 0.15) is 11.3 Å². The van der Waals surface area contributed by atoms with Gasteiger partial charge < -0.3 is 14.5 Å². The third-order valence-corrected chi connectivity index (χ3v) is 4.06. The van der Waals surface area contributed by atoms with Gasteiger partial charge in [0.05, 0.1) is 25.9 Å². The Balaban J connectivity index is 1.47. The van der Waals surface area contributed by atoms with Gasteiger partial charge in [-0.15, -0.1) is 0 Å². The zero-order valence-corrected chi connectivity index (χ0v) is 15.5. The van der Waals surface area contributed by atoms with Crippen molar-refractivity contribution in [2.45, 2.75) is 13.1 Å². The summed E-state index contributed by atoms with van der Waals surface area (Å²) in [6.07, 6.45) is 1.62. The van der Waals surface area contributed by atoms with E-state index in [-0.39, 0.29) is 24.9 Å². The molecule has 5 nitrogen and oxygen atoms in total. The number of benzene rings is 2. The lowest BCUT2D eigenvalue weighted by molar-refractivity contribution is -0.122. The van der Waals surface area contributed by atoms with E-state index in [1.165, 1.54) is 12.1 Å². The topological polar surface area (TPSA) is 54.7 Å². The number of furan rings is 1. The molecule has 1 amide bonds. The molecule has 2 aromatic carbocycles. The molecule has 0 aliphatic carbocycles. The molecule has 0 bridgehead atoms. The number of hydrogen-bond donors (Lipinski definition) is 1. The largest absolute Gasteiger partial charge is 0.492 e. The minimum atomic E-state index is -0.351. The molecule has 1 aromatic heterocycles. The Kier molecular flexibility index (Phi) is 7.21. The summed E-state index contributed by atoms with van der Waals surface area (Å²) in [5.41, 5.74) is 1.12. The van der Waals surface area contributed by atoms with Crippen LogP contribution in [0.4, 0.5) is 4.39 Å². The summed E-state index contributed by atoms with van der Waals surface area (Å²) in [5, 5.41) is 2.83. The Morgan fingerprint density at radius 2 is 1.89 bits per heavy atom. The number of hydrogen-bond acceptors (Lipinski definition) is 4. The second-order valence-electron chi connectivity index (χ2n) is 6.37. The highest BCUT2D eigenvalue weighted by Crippen LogP contribution is 2.12. The summed E-state index contributed by atoms with van der Waals surface area (Å²) >= 11 is 0. The molecular formula is C22H23FN2O3. The molecule has 146 valence electrons. The van der Waals surface area contributed by atoms with Gasteiger partial charge in [0.25, 0.3) is 0 Å². The van der Waals surface area contributed by atoms with E-state index in [9.17, 15) is 9.18 Å². The summed E-state index contributed by atoms with van der Waals surface area (Å²) in [6.45, 7) is 2.01. The maximum absolute atomic E-state index is 13.1. The molecule has 0 spiro atoms. The fourth-order valence-corrected chi connectivity index (χ4v) is 2.81.